The number of nitrogens with one attached hydrogen (secondary N) is 2. The number of hydrogen-bond donors (Lipinski definition) is 2. The minimum absolute atomic E-state index is 0.0604. The van der Waals surface area contributed by atoms with Crippen molar-refractivity contribution >= 4 is 17.5 Å². The van der Waals surface area contributed by atoms with Crippen LogP contribution in [-0.2, 0) is 9.59 Å². The predicted molar refractivity (Wildman–Crippen MR) is 86.2 cm³/mol. The van der Waals surface area contributed by atoms with Crippen molar-refractivity contribution < 1.29 is 9.59 Å². The van der Waals surface area contributed by atoms with Crippen LogP contribution in [0.5, 0.6) is 0 Å². The van der Waals surface area contributed by atoms with Crippen LogP contribution < -0.4 is 10.6 Å². The van der Waals surface area contributed by atoms with Gasteiger partial charge in [0.1, 0.15) is 5.41 Å². The molecule has 2 amide bonds. The minimum Gasteiger partial charge on any atom is -0.353 e. The summed E-state index contributed by atoms with van der Waals surface area (Å²) in [5.74, 6) is -0.545. The maximum absolute atomic E-state index is 12.4. The molecule has 0 bridgehead atoms. The van der Waals surface area contributed by atoms with Gasteiger partial charge in [-0.15, -0.1) is 0 Å². The number of amides is 2. The quantitative estimate of drug-likeness (QED) is 0.818. The van der Waals surface area contributed by atoms with Crippen LogP contribution >= 0.6 is 0 Å². The van der Waals surface area contributed by atoms with Crippen molar-refractivity contribution in [3.05, 3.63) is 29.3 Å². The predicted octanol–water partition coefficient (Wildman–Crippen LogP) is 3.18. The molecule has 0 heterocycles. The van der Waals surface area contributed by atoms with E-state index in [9.17, 15) is 9.59 Å². The Kier molecular flexibility index (Phi) is 5.53. The van der Waals surface area contributed by atoms with Gasteiger partial charge in [0.2, 0.25) is 11.8 Å². The molecule has 0 saturated carbocycles. The zero-order valence-corrected chi connectivity index (χ0v) is 13.8. The van der Waals surface area contributed by atoms with E-state index in [1.165, 1.54) is 0 Å². The van der Waals surface area contributed by atoms with Gasteiger partial charge in [-0.2, -0.15) is 0 Å². The summed E-state index contributed by atoms with van der Waals surface area (Å²) in [4.78, 5) is 24.7. The fourth-order valence-corrected chi connectivity index (χ4v) is 1.77. The molecule has 0 radical (unpaired) electrons. The highest BCUT2D eigenvalue weighted by atomic mass is 16.2. The molecule has 0 saturated heterocycles. The topological polar surface area (TPSA) is 58.2 Å². The molecule has 0 spiro atoms. The number of aryl methyl sites for hydroxylation is 1. The lowest BCUT2D eigenvalue weighted by molar-refractivity contribution is -0.138. The Labute approximate surface area is 127 Å². The Hall–Kier alpha value is -1.84. The lowest BCUT2D eigenvalue weighted by Gasteiger charge is -2.25. The van der Waals surface area contributed by atoms with Crippen LogP contribution in [0.15, 0.2) is 18.2 Å². The second-order valence-corrected chi connectivity index (χ2v) is 6.11. The standard InChI is InChI=1S/C17H26N2O2/c1-7-12(3)18-15(20)17(5,6)16(21)19-14-10-8-9-11(2)13(14)4/h8-10,12H,7H2,1-6H3,(H,18,20)(H,19,21). The van der Waals surface area contributed by atoms with Gasteiger partial charge in [0.05, 0.1) is 0 Å². The van der Waals surface area contributed by atoms with E-state index in [1.54, 1.807) is 13.8 Å². The third-order valence-corrected chi connectivity index (χ3v) is 3.98. The summed E-state index contributed by atoms with van der Waals surface area (Å²) in [7, 11) is 0. The van der Waals surface area contributed by atoms with Crippen LogP contribution in [-0.4, -0.2) is 17.9 Å². The van der Waals surface area contributed by atoms with Crippen molar-refractivity contribution in [3.63, 3.8) is 0 Å². The molecule has 4 nitrogen and oxygen atoms in total. The monoisotopic (exact) mass is 290 g/mol. The highest BCUT2D eigenvalue weighted by molar-refractivity contribution is 6.10. The fraction of sp³-hybridized carbons (Fsp3) is 0.529. The number of carbonyl (C=O) groups is 2. The Morgan fingerprint density at radius 1 is 1.19 bits per heavy atom. The van der Waals surface area contributed by atoms with Gasteiger partial charge in [0, 0.05) is 11.7 Å². The molecule has 1 atom stereocenters. The van der Waals surface area contributed by atoms with Crippen molar-refractivity contribution in [1.82, 2.24) is 5.32 Å². The van der Waals surface area contributed by atoms with Gasteiger partial charge in [-0.1, -0.05) is 19.1 Å². The van der Waals surface area contributed by atoms with Crippen LogP contribution in [0.1, 0.15) is 45.2 Å². The van der Waals surface area contributed by atoms with Gasteiger partial charge in [0.15, 0.2) is 0 Å². The van der Waals surface area contributed by atoms with E-state index < -0.39 is 5.41 Å². The lowest BCUT2D eigenvalue weighted by atomic mass is 9.90. The van der Waals surface area contributed by atoms with Crippen LogP contribution in [0.2, 0.25) is 0 Å². The Bertz CT molecular complexity index is 536. The van der Waals surface area contributed by atoms with E-state index in [4.69, 9.17) is 0 Å². The molecule has 0 aromatic heterocycles. The Balaban J connectivity index is 2.86. The SMILES string of the molecule is CCC(C)NC(=O)C(C)(C)C(=O)Nc1cccc(C)c1C. The number of rotatable bonds is 5. The van der Waals surface area contributed by atoms with Gasteiger partial charge in [0.25, 0.3) is 0 Å². The summed E-state index contributed by atoms with van der Waals surface area (Å²) in [5.41, 5.74) is 1.77. The molecule has 4 heteroatoms. The van der Waals surface area contributed by atoms with Crippen molar-refractivity contribution in [2.45, 2.75) is 54.0 Å². The average Bonchev–Trinajstić information content (AvgIpc) is 2.43. The molecule has 1 aromatic carbocycles. The lowest BCUT2D eigenvalue weighted by Crippen LogP contribution is -2.47. The fourth-order valence-electron chi connectivity index (χ4n) is 1.77. The summed E-state index contributed by atoms with van der Waals surface area (Å²) in [5, 5.41) is 5.73. The first kappa shape index (κ1) is 17.2. The van der Waals surface area contributed by atoms with Crippen molar-refractivity contribution in [2.75, 3.05) is 5.32 Å². The third kappa shape index (κ3) is 4.06. The van der Waals surface area contributed by atoms with Gasteiger partial charge < -0.3 is 10.6 Å². The zero-order valence-electron chi connectivity index (χ0n) is 13.8. The number of anilines is 1. The van der Waals surface area contributed by atoms with Gasteiger partial charge in [-0.25, -0.2) is 0 Å². The van der Waals surface area contributed by atoms with E-state index in [1.807, 2.05) is 45.9 Å². The Morgan fingerprint density at radius 3 is 2.38 bits per heavy atom. The van der Waals surface area contributed by atoms with E-state index in [0.717, 1.165) is 23.2 Å². The second-order valence-electron chi connectivity index (χ2n) is 6.11. The van der Waals surface area contributed by atoms with E-state index in [2.05, 4.69) is 10.6 Å². The van der Waals surface area contributed by atoms with Crippen LogP contribution in [0.4, 0.5) is 5.69 Å². The van der Waals surface area contributed by atoms with Crippen LogP contribution in [0.25, 0.3) is 0 Å². The molecule has 21 heavy (non-hydrogen) atoms. The first-order valence-electron chi connectivity index (χ1n) is 7.38. The molecule has 0 aliphatic heterocycles. The van der Waals surface area contributed by atoms with Gasteiger partial charge >= 0.3 is 0 Å². The maximum atomic E-state index is 12.4. The molecular weight excluding hydrogens is 264 g/mol. The second kappa shape index (κ2) is 6.74. The van der Waals surface area contributed by atoms with E-state index in [0.29, 0.717) is 0 Å². The van der Waals surface area contributed by atoms with Gasteiger partial charge in [-0.05, 0) is 58.2 Å². The molecule has 0 aliphatic rings. The summed E-state index contributed by atoms with van der Waals surface area (Å²) < 4.78 is 0. The molecule has 0 aliphatic carbocycles. The molecular formula is C17H26N2O2. The smallest absolute Gasteiger partial charge is 0.239 e. The number of hydrogen-bond acceptors (Lipinski definition) is 2. The largest absolute Gasteiger partial charge is 0.353 e. The number of carbonyl (C=O) groups excluding carboxylic acids is 2. The summed E-state index contributed by atoms with van der Waals surface area (Å²) in [6.45, 7) is 11.2. The molecule has 1 aromatic rings. The third-order valence-electron chi connectivity index (χ3n) is 3.98. The van der Waals surface area contributed by atoms with E-state index in [-0.39, 0.29) is 17.9 Å². The van der Waals surface area contributed by atoms with Crippen molar-refractivity contribution in [2.24, 2.45) is 5.41 Å². The minimum atomic E-state index is -1.11. The molecule has 0 fully saturated rings. The van der Waals surface area contributed by atoms with Crippen LogP contribution in [0, 0.1) is 19.3 Å². The highest BCUT2D eigenvalue weighted by Gasteiger charge is 2.36. The van der Waals surface area contributed by atoms with Crippen LogP contribution in [0.3, 0.4) is 0 Å². The summed E-state index contributed by atoms with van der Waals surface area (Å²) in [6.07, 6.45) is 0.834. The number of benzene rings is 1. The zero-order chi connectivity index (χ0) is 16.2. The van der Waals surface area contributed by atoms with Gasteiger partial charge in [-0.3, -0.25) is 9.59 Å². The first-order valence-corrected chi connectivity index (χ1v) is 7.38. The highest BCUT2D eigenvalue weighted by Crippen LogP contribution is 2.23. The summed E-state index contributed by atoms with van der Waals surface area (Å²) >= 11 is 0. The molecule has 1 rings (SSSR count). The average molecular weight is 290 g/mol. The molecule has 2 N–H and O–H groups in total. The van der Waals surface area contributed by atoms with Crippen molar-refractivity contribution in [3.8, 4) is 0 Å². The van der Waals surface area contributed by atoms with Crippen molar-refractivity contribution in [1.29, 1.82) is 0 Å². The Morgan fingerprint density at radius 2 is 1.81 bits per heavy atom. The summed E-state index contributed by atoms with van der Waals surface area (Å²) in [6, 6.07) is 5.80. The van der Waals surface area contributed by atoms with E-state index >= 15 is 0 Å². The molecule has 1 unspecified atom stereocenters. The molecule has 116 valence electrons. The first-order chi connectivity index (χ1) is 9.70. The normalized spacial score (nSPS) is 12.7. The maximum Gasteiger partial charge on any atom is 0.239 e.